The molecule has 17 heavy (non-hydrogen) atoms. The van der Waals surface area contributed by atoms with Gasteiger partial charge < -0.3 is 20.1 Å². The normalized spacial score (nSPS) is 19.6. The molecule has 1 aliphatic heterocycles. The summed E-state index contributed by atoms with van der Waals surface area (Å²) in [5, 5.41) is 0. The number of amides is 1. The summed E-state index contributed by atoms with van der Waals surface area (Å²) in [5.74, 6) is 1.35. The third-order valence-electron chi connectivity index (χ3n) is 2.83. The van der Waals surface area contributed by atoms with E-state index in [0.717, 1.165) is 0 Å². The molecule has 1 saturated heterocycles. The molecule has 1 atom stereocenters. The second-order valence-corrected chi connectivity index (χ2v) is 4.01. The van der Waals surface area contributed by atoms with Gasteiger partial charge in [0.2, 0.25) is 5.91 Å². The molecule has 0 saturated carbocycles. The molecular weight excluding hydrogens is 220 g/mol. The highest BCUT2D eigenvalue weighted by Gasteiger charge is 2.30. The van der Waals surface area contributed by atoms with E-state index >= 15 is 0 Å². The van der Waals surface area contributed by atoms with E-state index in [1.165, 1.54) is 0 Å². The van der Waals surface area contributed by atoms with Gasteiger partial charge in [0.15, 0.2) is 0 Å². The summed E-state index contributed by atoms with van der Waals surface area (Å²) in [6.45, 7) is 0.516. The number of carbonyl (C=O) groups is 1. The monoisotopic (exact) mass is 236 g/mol. The second kappa shape index (κ2) is 4.63. The van der Waals surface area contributed by atoms with Crippen LogP contribution in [0.4, 0.5) is 5.69 Å². The second-order valence-electron chi connectivity index (χ2n) is 4.01. The zero-order valence-corrected chi connectivity index (χ0v) is 9.97. The molecular formula is C12H16N2O3. The molecule has 1 aromatic rings. The Balaban J connectivity index is 2.38. The number of hydrogen-bond donors (Lipinski definition) is 1. The number of methoxy groups -OCH3 is 2. The van der Waals surface area contributed by atoms with E-state index in [1.807, 2.05) is 0 Å². The Hall–Kier alpha value is -1.75. The Kier molecular flexibility index (Phi) is 3.19. The van der Waals surface area contributed by atoms with Gasteiger partial charge >= 0.3 is 0 Å². The first-order chi connectivity index (χ1) is 8.15. The van der Waals surface area contributed by atoms with Gasteiger partial charge in [-0.3, -0.25) is 4.79 Å². The minimum absolute atomic E-state index is 0.0176. The van der Waals surface area contributed by atoms with Crippen LogP contribution in [0, 0.1) is 0 Å². The molecule has 1 aliphatic rings. The first-order valence-corrected chi connectivity index (χ1v) is 5.43. The molecule has 5 nitrogen and oxygen atoms in total. The number of benzene rings is 1. The van der Waals surface area contributed by atoms with Crippen molar-refractivity contribution in [2.75, 3.05) is 25.7 Å². The highest BCUT2D eigenvalue weighted by Crippen LogP contribution is 2.34. The van der Waals surface area contributed by atoms with Crippen LogP contribution < -0.4 is 20.1 Å². The van der Waals surface area contributed by atoms with Crippen molar-refractivity contribution in [2.45, 2.75) is 12.5 Å². The Morgan fingerprint density at radius 1 is 1.35 bits per heavy atom. The molecule has 0 spiro atoms. The highest BCUT2D eigenvalue weighted by atomic mass is 16.5. The number of rotatable bonds is 3. The Morgan fingerprint density at radius 3 is 2.65 bits per heavy atom. The number of ether oxygens (including phenoxy) is 2. The van der Waals surface area contributed by atoms with E-state index in [9.17, 15) is 4.79 Å². The largest absolute Gasteiger partial charge is 0.497 e. The Morgan fingerprint density at radius 2 is 2.12 bits per heavy atom. The predicted molar refractivity (Wildman–Crippen MR) is 64.5 cm³/mol. The number of carbonyl (C=O) groups excluding carboxylic acids is 1. The predicted octanol–water partition coefficient (Wildman–Crippen LogP) is 0.768. The maximum atomic E-state index is 11.8. The number of hydrogen-bond acceptors (Lipinski definition) is 4. The smallest absolute Gasteiger partial charge is 0.228 e. The van der Waals surface area contributed by atoms with Crippen LogP contribution in [0.1, 0.15) is 6.42 Å². The number of nitrogens with zero attached hydrogens (tertiary/aromatic N) is 1. The average Bonchev–Trinajstić information content (AvgIpc) is 2.67. The van der Waals surface area contributed by atoms with Crippen LogP contribution in [0.2, 0.25) is 0 Å². The third kappa shape index (κ3) is 2.19. The van der Waals surface area contributed by atoms with Crippen molar-refractivity contribution < 1.29 is 14.3 Å². The molecule has 5 heteroatoms. The summed E-state index contributed by atoms with van der Waals surface area (Å²) in [6, 6.07) is 5.25. The first kappa shape index (κ1) is 11.7. The fraction of sp³-hybridized carbons (Fsp3) is 0.417. The van der Waals surface area contributed by atoms with Crippen molar-refractivity contribution in [3.05, 3.63) is 18.2 Å². The van der Waals surface area contributed by atoms with Gasteiger partial charge in [-0.2, -0.15) is 0 Å². The van der Waals surface area contributed by atoms with E-state index in [4.69, 9.17) is 15.2 Å². The standard InChI is InChI=1S/C12H16N2O3/c1-16-9-3-4-11(17-2)10(6-9)14-7-8(13)5-12(14)15/h3-4,6,8H,5,7,13H2,1-2H3. The lowest BCUT2D eigenvalue weighted by atomic mass is 10.2. The lowest BCUT2D eigenvalue weighted by Gasteiger charge is -2.19. The van der Waals surface area contributed by atoms with Crippen LogP contribution in [-0.4, -0.2) is 32.7 Å². The lowest BCUT2D eigenvalue weighted by molar-refractivity contribution is -0.117. The van der Waals surface area contributed by atoms with Crippen molar-refractivity contribution >= 4 is 11.6 Å². The fourth-order valence-electron chi connectivity index (χ4n) is 1.98. The van der Waals surface area contributed by atoms with Gasteiger partial charge in [0, 0.05) is 25.1 Å². The van der Waals surface area contributed by atoms with Crippen molar-refractivity contribution in [2.24, 2.45) is 5.73 Å². The molecule has 2 rings (SSSR count). The minimum atomic E-state index is -0.113. The zero-order chi connectivity index (χ0) is 12.4. The summed E-state index contributed by atoms with van der Waals surface area (Å²) in [4.78, 5) is 13.4. The van der Waals surface area contributed by atoms with Crippen LogP contribution >= 0.6 is 0 Å². The number of nitrogens with two attached hydrogens (primary N) is 1. The van der Waals surface area contributed by atoms with E-state index in [2.05, 4.69) is 0 Å². The lowest BCUT2D eigenvalue weighted by Crippen LogP contribution is -2.28. The quantitative estimate of drug-likeness (QED) is 0.841. The summed E-state index contributed by atoms with van der Waals surface area (Å²) in [6.07, 6.45) is 0.375. The molecule has 0 bridgehead atoms. The molecule has 0 radical (unpaired) electrons. The third-order valence-corrected chi connectivity index (χ3v) is 2.83. The van der Waals surface area contributed by atoms with Gasteiger partial charge in [-0.25, -0.2) is 0 Å². The molecule has 2 N–H and O–H groups in total. The van der Waals surface area contributed by atoms with Crippen molar-refractivity contribution in [3.63, 3.8) is 0 Å². The van der Waals surface area contributed by atoms with Crippen LogP contribution in [0.5, 0.6) is 11.5 Å². The maximum Gasteiger partial charge on any atom is 0.228 e. The van der Waals surface area contributed by atoms with Gasteiger partial charge in [-0.05, 0) is 12.1 Å². The summed E-state index contributed by atoms with van der Waals surface area (Å²) in [7, 11) is 3.16. The van der Waals surface area contributed by atoms with Crippen LogP contribution in [-0.2, 0) is 4.79 Å². The first-order valence-electron chi connectivity index (χ1n) is 5.43. The van der Waals surface area contributed by atoms with E-state index in [-0.39, 0.29) is 11.9 Å². The van der Waals surface area contributed by atoms with Crippen molar-refractivity contribution in [3.8, 4) is 11.5 Å². The average molecular weight is 236 g/mol. The topological polar surface area (TPSA) is 64.8 Å². The minimum Gasteiger partial charge on any atom is -0.497 e. The molecule has 0 aromatic heterocycles. The van der Waals surface area contributed by atoms with Gasteiger partial charge in [0.05, 0.1) is 19.9 Å². The SMILES string of the molecule is COc1ccc(OC)c(N2CC(N)CC2=O)c1. The fourth-order valence-corrected chi connectivity index (χ4v) is 1.98. The van der Waals surface area contributed by atoms with E-state index in [0.29, 0.717) is 30.2 Å². The molecule has 1 fully saturated rings. The molecule has 92 valence electrons. The Bertz CT molecular complexity index is 434. The molecule has 1 aromatic carbocycles. The zero-order valence-electron chi connectivity index (χ0n) is 9.97. The summed E-state index contributed by atoms with van der Waals surface area (Å²) in [5.41, 5.74) is 6.49. The Labute approximate surface area is 100 Å². The van der Waals surface area contributed by atoms with E-state index < -0.39 is 0 Å². The van der Waals surface area contributed by atoms with E-state index in [1.54, 1.807) is 37.3 Å². The molecule has 0 aliphatic carbocycles. The molecule has 1 amide bonds. The number of anilines is 1. The van der Waals surface area contributed by atoms with Gasteiger partial charge in [-0.15, -0.1) is 0 Å². The maximum absolute atomic E-state index is 11.8. The highest BCUT2D eigenvalue weighted by molar-refractivity contribution is 5.97. The van der Waals surface area contributed by atoms with Crippen molar-refractivity contribution in [1.29, 1.82) is 0 Å². The van der Waals surface area contributed by atoms with Crippen LogP contribution in [0.25, 0.3) is 0 Å². The van der Waals surface area contributed by atoms with Crippen molar-refractivity contribution in [1.82, 2.24) is 0 Å². The van der Waals surface area contributed by atoms with Gasteiger partial charge in [0.25, 0.3) is 0 Å². The van der Waals surface area contributed by atoms with Crippen LogP contribution in [0.3, 0.4) is 0 Å². The molecule has 1 heterocycles. The molecule has 1 unspecified atom stereocenters. The van der Waals surface area contributed by atoms with Crippen LogP contribution in [0.15, 0.2) is 18.2 Å². The summed E-state index contributed by atoms with van der Waals surface area (Å²) < 4.78 is 10.4. The van der Waals surface area contributed by atoms with Gasteiger partial charge in [0.1, 0.15) is 11.5 Å². The summed E-state index contributed by atoms with van der Waals surface area (Å²) >= 11 is 0. The van der Waals surface area contributed by atoms with Gasteiger partial charge in [-0.1, -0.05) is 0 Å².